The van der Waals surface area contributed by atoms with E-state index in [0.717, 1.165) is 11.3 Å². The van der Waals surface area contributed by atoms with E-state index < -0.39 is 11.6 Å². The van der Waals surface area contributed by atoms with Gasteiger partial charge in [-0.25, -0.2) is 10.2 Å². The maximum Gasteiger partial charge on any atom is 0.327 e. The van der Waals surface area contributed by atoms with Crippen LogP contribution in [0, 0.1) is 5.92 Å². The van der Waals surface area contributed by atoms with Crippen molar-refractivity contribution in [3.05, 3.63) is 40.3 Å². The molecule has 0 bridgehead atoms. The van der Waals surface area contributed by atoms with Gasteiger partial charge in [0.15, 0.2) is 5.82 Å². The van der Waals surface area contributed by atoms with Gasteiger partial charge in [0, 0.05) is 19.3 Å². The van der Waals surface area contributed by atoms with Gasteiger partial charge in [-0.2, -0.15) is 5.10 Å². The molecule has 25 heavy (non-hydrogen) atoms. The Balaban J connectivity index is 1.95. The number of anilines is 2. The summed E-state index contributed by atoms with van der Waals surface area (Å²) in [6.45, 7) is 3.23. The molecule has 2 heterocycles. The first kappa shape index (κ1) is 16.5. The lowest BCUT2D eigenvalue weighted by atomic mass is 9.94. The quantitative estimate of drug-likeness (QED) is 0.661. The van der Waals surface area contributed by atoms with Crippen LogP contribution in [0.1, 0.15) is 25.8 Å². The minimum absolute atomic E-state index is 0.0198. The smallest absolute Gasteiger partial charge is 0.327 e. The highest BCUT2D eigenvalue weighted by atomic mass is 16.3. The summed E-state index contributed by atoms with van der Waals surface area (Å²) in [5.41, 5.74) is 3.87. The van der Waals surface area contributed by atoms with Crippen LogP contribution in [0.15, 0.2) is 34.2 Å². The van der Waals surface area contributed by atoms with Crippen LogP contribution in [0.2, 0.25) is 0 Å². The van der Waals surface area contributed by atoms with Gasteiger partial charge in [0.2, 0.25) is 17.7 Å². The van der Waals surface area contributed by atoms with Gasteiger partial charge in [-0.1, -0.05) is 19.1 Å². The number of carbonyl (C=O) groups is 2. The second-order valence-corrected chi connectivity index (χ2v) is 5.81. The molecular weight excluding hydrogens is 326 g/mol. The molecule has 1 aliphatic rings. The maximum atomic E-state index is 12.0. The molecule has 9 heteroatoms. The van der Waals surface area contributed by atoms with E-state index in [-0.39, 0.29) is 23.6 Å². The Labute approximate surface area is 142 Å². The molecule has 4 N–H and O–H groups in total. The van der Waals surface area contributed by atoms with Crippen molar-refractivity contribution in [3.8, 4) is 5.88 Å². The van der Waals surface area contributed by atoms with Crippen molar-refractivity contribution >= 4 is 29.0 Å². The van der Waals surface area contributed by atoms with Crippen molar-refractivity contribution in [1.82, 2.24) is 15.4 Å². The average Bonchev–Trinajstić information content (AvgIpc) is 2.86. The fourth-order valence-electron chi connectivity index (χ4n) is 2.78. The van der Waals surface area contributed by atoms with Gasteiger partial charge in [0.1, 0.15) is 0 Å². The Morgan fingerprint density at radius 2 is 1.92 bits per heavy atom. The minimum atomic E-state index is -0.614. The Kier molecular flexibility index (Phi) is 4.14. The number of imidazole rings is 1. The molecule has 1 aromatic heterocycles. The number of benzene rings is 1. The lowest BCUT2D eigenvalue weighted by Gasteiger charge is -2.21. The van der Waals surface area contributed by atoms with E-state index in [0.29, 0.717) is 12.1 Å². The van der Waals surface area contributed by atoms with Crippen molar-refractivity contribution in [1.29, 1.82) is 0 Å². The van der Waals surface area contributed by atoms with E-state index in [2.05, 4.69) is 20.5 Å². The molecule has 0 radical (unpaired) electrons. The first-order valence-electron chi connectivity index (χ1n) is 7.65. The van der Waals surface area contributed by atoms with Crippen molar-refractivity contribution in [2.24, 2.45) is 11.0 Å². The third-order valence-corrected chi connectivity index (χ3v) is 3.91. The fraction of sp³-hybridized carbons (Fsp3) is 0.250. The van der Waals surface area contributed by atoms with Gasteiger partial charge in [0.25, 0.3) is 0 Å². The van der Waals surface area contributed by atoms with Gasteiger partial charge in [-0.05, 0) is 17.7 Å². The molecule has 2 amide bonds. The van der Waals surface area contributed by atoms with Crippen LogP contribution in [0.5, 0.6) is 5.88 Å². The molecule has 3 rings (SSSR count). The number of aromatic nitrogens is 2. The summed E-state index contributed by atoms with van der Waals surface area (Å²) in [5, 5.41) is 13.9. The van der Waals surface area contributed by atoms with Crippen molar-refractivity contribution in [3.63, 3.8) is 0 Å². The number of aromatic hydroxyl groups is 1. The first-order valence-corrected chi connectivity index (χ1v) is 7.65. The topological polar surface area (TPSA) is 131 Å². The summed E-state index contributed by atoms with van der Waals surface area (Å²) < 4.78 is 0. The highest BCUT2D eigenvalue weighted by Gasteiger charge is 2.23. The lowest BCUT2D eigenvalue weighted by Crippen LogP contribution is -2.32. The van der Waals surface area contributed by atoms with E-state index in [1.807, 2.05) is 6.92 Å². The molecule has 1 atom stereocenters. The van der Waals surface area contributed by atoms with E-state index in [9.17, 15) is 19.5 Å². The Morgan fingerprint density at radius 1 is 1.24 bits per heavy atom. The molecule has 0 spiro atoms. The number of H-pyrrole nitrogens is 2. The largest absolute Gasteiger partial charge is 0.492 e. The Hall–Kier alpha value is -3.36. The van der Waals surface area contributed by atoms with Crippen LogP contribution in [-0.4, -0.2) is 32.6 Å². The summed E-state index contributed by atoms with van der Waals surface area (Å²) in [6, 6.07) is 6.88. The van der Waals surface area contributed by atoms with Crippen LogP contribution in [-0.2, 0) is 9.59 Å². The molecule has 130 valence electrons. The standard InChI is InChI=1S/C16H17N5O4/c1-8-7-12(23)19-20-13(8)10-3-5-11(6-4-10)21(9(2)22)14-15(24)18-16(25)17-14/h3-6,8,24H,7H2,1-2H3,(H,19,23)(H2,17,18,25). The first-order chi connectivity index (χ1) is 11.9. The zero-order valence-corrected chi connectivity index (χ0v) is 13.7. The predicted molar refractivity (Wildman–Crippen MR) is 90.8 cm³/mol. The number of amides is 2. The predicted octanol–water partition coefficient (Wildman–Crippen LogP) is 0.953. The molecule has 0 aliphatic carbocycles. The van der Waals surface area contributed by atoms with Crippen molar-refractivity contribution in [2.75, 3.05) is 4.90 Å². The van der Waals surface area contributed by atoms with Crippen LogP contribution in [0.3, 0.4) is 0 Å². The number of nitrogens with one attached hydrogen (secondary N) is 3. The third kappa shape index (κ3) is 3.16. The number of hydrogen-bond donors (Lipinski definition) is 4. The van der Waals surface area contributed by atoms with Gasteiger partial charge in [-0.15, -0.1) is 0 Å². The normalized spacial score (nSPS) is 17.0. The summed E-state index contributed by atoms with van der Waals surface area (Å²) in [4.78, 5) is 40.4. The number of carbonyl (C=O) groups excluding carboxylic acids is 2. The van der Waals surface area contributed by atoms with Crippen LogP contribution < -0.4 is 16.0 Å². The van der Waals surface area contributed by atoms with E-state index in [1.54, 1.807) is 24.3 Å². The number of hydrogen-bond acceptors (Lipinski definition) is 5. The number of rotatable bonds is 3. The molecular formula is C16H17N5O4. The van der Waals surface area contributed by atoms with E-state index >= 15 is 0 Å². The van der Waals surface area contributed by atoms with Gasteiger partial charge >= 0.3 is 5.69 Å². The van der Waals surface area contributed by atoms with Gasteiger partial charge in [0.05, 0.1) is 11.4 Å². The molecule has 9 nitrogen and oxygen atoms in total. The summed E-state index contributed by atoms with van der Waals surface area (Å²) in [7, 11) is 0. The monoisotopic (exact) mass is 343 g/mol. The van der Waals surface area contributed by atoms with Crippen LogP contribution in [0.4, 0.5) is 11.5 Å². The van der Waals surface area contributed by atoms with E-state index in [1.165, 1.54) is 11.8 Å². The summed E-state index contributed by atoms with van der Waals surface area (Å²) >= 11 is 0. The molecule has 0 fully saturated rings. The van der Waals surface area contributed by atoms with Gasteiger partial charge < -0.3 is 5.11 Å². The van der Waals surface area contributed by atoms with Crippen molar-refractivity contribution in [2.45, 2.75) is 20.3 Å². The van der Waals surface area contributed by atoms with Crippen molar-refractivity contribution < 1.29 is 14.7 Å². The number of nitrogens with zero attached hydrogens (tertiary/aromatic N) is 2. The second kappa shape index (κ2) is 6.27. The summed E-state index contributed by atoms with van der Waals surface area (Å²) in [6.07, 6.45) is 0.360. The lowest BCUT2D eigenvalue weighted by molar-refractivity contribution is -0.122. The molecule has 1 aromatic carbocycles. The Bertz CT molecular complexity index is 909. The number of hydrazone groups is 1. The second-order valence-electron chi connectivity index (χ2n) is 5.81. The average molecular weight is 343 g/mol. The van der Waals surface area contributed by atoms with Crippen LogP contribution >= 0.6 is 0 Å². The van der Waals surface area contributed by atoms with Gasteiger partial charge in [-0.3, -0.25) is 24.5 Å². The fourth-order valence-corrected chi connectivity index (χ4v) is 2.78. The molecule has 2 aromatic rings. The number of aromatic amines is 2. The maximum absolute atomic E-state index is 12.0. The molecule has 0 saturated heterocycles. The highest BCUT2D eigenvalue weighted by Crippen LogP contribution is 2.29. The summed E-state index contributed by atoms with van der Waals surface area (Å²) in [5.74, 6) is -0.969. The Morgan fingerprint density at radius 3 is 2.44 bits per heavy atom. The molecule has 1 unspecified atom stereocenters. The minimum Gasteiger partial charge on any atom is -0.492 e. The highest BCUT2D eigenvalue weighted by molar-refractivity contribution is 6.06. The van der Waals surface area contributed by atoms with Crippen LogP contribution in [0.25, 0.3) is 0 Å². The zero-order chi connectivity index (χ0) is 18.1. The van der Waals surface area contributed by atoms with E-state index in [4.69, 9.17) is 0 Å². The third-order valence-electron chi connectivity index (χ3n) is 3.91. The molecule has 1 aliphatic heterocycles. The zero-order valence-electron chi connectivity index (χ0n) is 13.7. The SMILES string of the molecule is CC(=O)N(c1ccc(C2=NNC(=O)CC2C)cc1)c1[nH]c(=O)[nH]c1O. The molecule has 0 saturated carbocycles.